The Morgan fingerprint density at radius 3 is 2.81 bits per heavy atom. The number of carbonyl (C=O) groups excluding carboxylic acids is 1. The molecule has 1 aromatic heterocycles. The van der Waals surface area contributed by atoms with Crippen LogP contribution in [0.2, 0.25) is 0 Å². The van der Waals surface area contributed by atoms with Crippen LogP contribution in [0.1, 0.15) is 30.3 Å². The zero-order valence-corrected chi connectivity index (χ0v) is 13.2. The fraction of sp³-hybridized carbons (Fsp3) is 0.667. The van der Waals surface area contributed by atoms with E-state index in [2.05, 4.69) is 27.1 Å². The molecule has 1 saturated heterocycles. The molecule has 1 aromatic rings. The van der Waals surface area contributed by atoms with Gasteiger partial charge in [-0.25, -0.2) is 9.97 Å². The van der Waals surface area contributed by atoms with Crippen LogP contribution in [0, 0.1) is 5.92 Å². The number of likely N-dealkylation sites (tertiary alicyclic amines) is 1. The van der Waals surface area contributed by atoms with Crippen LogP contribution in [0.3, 0.4) is 0 Å². The molecule has 21 heavy (non-hydrogen) atoms. The second kappa shape index (κ2) is 7.36. The van der Waals surface area contributed by atoms with E-state index >= 15 is 0 Å². The second-order valence-corrected chi connectivity index (χ2v) is 5.97. The number of carbonyl (C=O) groups is 1. The number of piperidine rings is 1. The Labute approximate surface area is 126 Å². The minimum Gasteiger partial charge on any atom is -0.353 e. The van der Waals surface area contributed by atoms with E-state index in [1.807, 2.05) is 19.0 Å². The van der Waals surface area contributed by atoms with Gasteiger partial charge in [-0.1, -0.05) is 6.92 Å². The smallest absolute Gasteiger partial charge is 0.272 e. The van der Waals surface area contributed by atoms with Crippen molar-refractivity contribution in [1.82, 2.24) is 19.8 Å². The normalized spacial score (nSPS) is 16.3. The molecule has 0 spiro atoms. The molecule has 1 aliphatic rings. The van der Waals surface area contributed by atoms with Crippen LogP contribution in [0.5, 0.6) is 0 Å². The third-order valence-electron chi connectivity index (χ3n) is 3.79. The molecular weight excluding hydrogens is 266 g/mol. The molecule has 0 aliphatic carbocycles. The van der Waals surface area contributed by atoms with Gasteiger partial charge >= 0.3 is 0 Å². The third kappa shape index (κ3) is 4.67. The summed E-state index contributed by atoms with van der Waals surface area (Å²) in [6.45, 7) is 5.54. The first kappa shape index (κ1) is 15.7. The highest BCUT2D eigenvalue weighted by molar-refractivity contribution is 5.92. The van der Waals surface area contributed by atoms with Crippen LogP contribution < -0.4 is 5.32 Å². The first-order valence-corrected chi connectivity index (χ1v) is 7.57. The summed E-state index contributed by atoms with van der Waals surface area (Å²) in [4.78, 5) is 24.9. The summed E-state index contributed by atoms with van der Waals surface area (Å²) in [5.41, 5.74) is 0.479. The summed E-state index contributed by atoms with van der Waals surface area (Å²) in [6, 6.07) is 1.69. The van der Waals surface area contributed by atoms with Gasteiger partial charge in [-0.05, 0) is 38.9 Å². The van der Waals surface area contributed by atoms with E-state index in [4.69, 9.17) is 0 Å². The Morgan fingerprint density at radius 1 is 1.43 bits per heavy atom. The molecule has 0 aromatic carbocycles. The van der Waals surface area contributed by atoms with Crippen LogP contribution in [0.15, 0.2) is 12.3 Å². The molecular formula is C15H25N5O. The number of nitrogens with zero attached hydrogens (tertiary/aromatic N) is 4. The van der Waals surface area contributed by atoms with Crippen molar-refractivity contribution in [1.29, 1.82) is 0 Å². The molecule has 1 amide bonds. The quantitative estimate of drug-likeness (QED) is 0.886. The maximum Gasteiger partial charge on any atom is 0.272 e. The Hall–Kier alpha value is -1.69. The molecule has 1 fully saturated rings. The van der Waals surface area contributed by atoms with E-state index < -0.39 is 0 Å². The topological polar surface area (TPSA) is 61.4 Å². The zero-order chi connectivity index (χ0) is 15.2. The van der Waals surface area contributed by atoms with Gasteiger partial charge in [0.2, 0.25) is 5.95 Å². The van der Waals surface area contributed by atoms with Crippen LogP contribution in [0.4, 0.5) is 5.95 Å². The van der Waals surface area contributed by atoms with E-state index in [1.165, 1.54) is 0 Å². The number of hydrogen-bond donors (Lipinski definition) is 1. The molecule has 0 bridgehead atoms. The predicted molar refractivity (Wildman–Crippen MR) is 83.4 cm³/mol. The van der Waals surface area contributed by atoms with Crippen molar-refractivity contribution in [3.05, 3.63) is 18.0 Å². The Bertz CT molecular complexity index is 469. The highest BCUT2D eigenvalue weighted by atomic mass is 16.2. The van der Waals surface area contributed by atoms with Crippen molar-refractivity contribution in [2.75, 3.05) is 45.6 Å². The van der Waals surface area contributed by atoms with Crippen LogP contribution >= 0.6 is 0 Å². The van der Waals surface area contributed by atoms with Gasteiger partial charge in [0, 0.05) is 32.4 Å². The zero-order valence-electron chi connectivity index (χ0n) is 13.2. The first-order valence-electron chi connectivity index (χ1n) is 7.57. The maximum atomic E-state index is 12.4. The van der Waals surface area contributed by atoms with Gasteiger partial charge in [-0.15, -0.1) is 0 Å². The lowest BCUT2D eigenvalue weighted by Crippen LogP contribution is -2.38. The van der Waals surface area contributed by atoms with Gasteiger partial charge in [-0.3, -0.25) is 4.79 Å². The molecule has 2 heterocycles. The van der Waals surface area contributed by atoms with Gasteiger partial charge in [0.05, 0.1) is 0 Å². The van der Waals surface area contributed by atoms with Crippen molar-refractivity contribution < 1.29 is 4.79 Å². The number of likely N-dealkylation sites (N-methyl/N-ethyl adjacent to an activating group) is 1. The predicted octanol–water partition coefficient (Wildman–Crippen LogP) is 1.32. The van der Waals surface area contributed by atoms with Gasteiger partial charge in [0.1, 0.15) is 5.69 Å². The number of aromatic nitrogens is 2. The minimum atomic E-state index is 0.0139. The monoisotopic (exact) mass is 291 g/mol. The van der Waals surface area contributed by atoms with E-state index in [0.29, 0.717) is 17.6 Å². The molecule has 0 radical (unpaired) electrons. The summed E-state index contributed by atoms with van der Waals surface area (Å²) in [6.07, 6.45) is 3.79. The van der Waals surface area contributed by atoms with Gasteiger partial charge < -0.3 is 15.1 Å². The largest absolute Gasteiger partial charge is 0.353 e. The summed E-state index contributed by atoms with van der Waals surface area (Å²) in [5.74, 6) is 1.25. The molecule has 1 aliphatic heterocycles. The van der Waals surface area contributed by atoms with Crippen molar-refractivity contribution >= 4 is 11.9 Å². The fourth-order valence-electron chi connectivity index (χ4n) is 2.33. The maximum absolute atomic E-state index is 12.4. The van der Waals surface area contributed by atoms with Crippen molar-refractivity contribution in [3.8, 4) is 0 Å². The lowest BCUT2D eigenvalue weighted by atomic mass is 9.99. The Kier molecular flexibility index (Phi) is 5.50. The highest BCUT2D eigenvalue weighted by Crippen LogP contribution is 2.17. The number of hydrogen-bond acceptors (Lipinski definition) is 5. The second-order valence-electron chi connectivity index (χ2n) is 5.97. The first-order chi connectivity index (χ1) is 10.1. The van der Waals surface area contributed by atoms with Crippen LogP contribution in [-0.2, 0) is 0 Å². The number of amides is 1. The van der Waals surface area contributed by atoms with Gasteiger partial charge in [0.25, 0.3) is 5.91 Å². The highest BCUT2D eigenvalue weighted by Gasteiger charge is 2.22. The molecule has 6 nitrogen and oxygen atoms in total. The Morgan fingerprint density at radius 2 is 2.14 bits per heavy atom. The molecule has 2 rings (SSSR count). The molecule has 6 heteroatoms. The van der Waals surface area contributed by atoms with E-state index in [9.17, 15) is 4.79 Å². The minimum absolute atomic E-state index is 0.0139. The standard InChI is InChI=1S/C15H25N5O/c1-12-5-9-20(10-6-12)14(21)13-4-7-16-15(18-13)17-8-11-19(2)3/h4,7,12H,5-6,8-11H2,1-3H3,(H,16,17,18). The van der Waals surface area contributed by atoms with Crippen molar-refractivity contribution in [3.63, 3.8) is 0 Å². The molecule has 0 saturated carbocycles. The van der Waals surface area contributed by atoms with E-state index in [-0.39, 0.29) is 5.91 Å². The fourth-order valence-corrected chi connectivity index (χ4v) is 2.33. The summed E-state index contributed by atoms with van der Waals surface area (Å²) in [7, 11) is 4.03. The Balaban J connectivity index is 1.94. The third-order valence-corrected chi connectivity index (χ3v) is 3.79. The summed E-state index contributed by atoms with van der Waals surface area (Å²) in [5, 5.41) is 3.15. The van der Waals surface area contributed by atoms with Crippen molar-refractivity contribution in [2.45, 2.75) is 19.8 Å². The summed E-state index contributed by atoms with van der Waals surface area (Å²) >= 11 is 0. The van der Waals surface area contributed by atoms with E-state index in [0.717, 1.165) is 39.0 Å². The molecule has 116 valence electrons. The van der Waals surface area contributed by atoms with Crippen molar-refractivity contribution in [2.24, 2.45) is 5.92 Å². The number of nitrogens with one attached hydrogen (secondary N) is 1. The average molecular weight is 291 g/mol. The van der Waals surface area contributed by atoms with Crippen LogP contribution in [-0.4, -0.2) is 65.9 Å². The number of anilines is 1. The van der Waals surface area contributed by atoms with E-state index in [1.54, 1.807) is 12.3 Å². The lowest BCUT2D eigenvalue weighted by molar-refractivity contribution is 0.0691. The summed E-state index contributed by atoms with van der Waals surface area (Å²) < 4.78 is 0. The molecule has 0 unspecified atom stereocenters. The molecule has 0 atom stereocenters. The van der Waals surface area contributed by atoms with Gasteiger partial charge in [-0.2, -0.15) is 0 Å². The molecule has 1 N–H and O–H groups in total. The van der Waals surface area contributed by atoms with Crippen LogP contribution in [0.25, 0.3) is 0 Å². The average Bonchev–Trinajstić information content (AvgIpc) is 2.47. The SMILES string of the molecule is CC1CCN(C(=O)c2ccnc(NCCN(C)C)n2)CC1. The number of rotatable bonds is 5. The van der Waals surface area contributed by atoms with Gasteiger partial charge in [0.15, 0.2) is 0 Å². The lowest BCUT2D eigenvalue weighted by Gasteiger charge is -2.30.